The Morgan fingerprint density at radius 1 is 1.35 bits per heavy atom. The van der Waals surface area contributed by atoms with E-state index in [1.54, 1.807) is 6.07 Å². The third kappa shape index (κ3) is 3.44. The molecule has 0 saturated carbocycles. The van der Waals surface area contributed by atoms with Crippen molar-refractivity contribution in [1.29, 1.82) is 0 Å². The molecule has 94 valence electrons. The lowest BCUT2D eigenvalue weighted by Crippen LogP contribution is -2.21. The molecule has 1 unspecified atom stereocenters. The lowest BCUT2D eigenvalue weighted by Gasteiger charge is -2.18. The van der Waals surface area contributed by atoms with Crippen LogP contribution < -0.4 is 5.32 Å². The van der Waals surface area contributed by atoms with Crippen molar-refractivity contribution >= 4 is 11.4 Å². The molecule has 0 fully saturated rings. The summed E-state index contributed by atoms with van der Waals surface area (Å²) in [5.41, 5.74) is 1.79. The Bertz CT molecular complexity index is 402. The molecule has 0 saturated heterocycles. The molecule has 0 aromatic heterocycles. The second kappa shape index (κ2) is 5.66. The van der Waals surface area contributed by atoms with Gasteiger partial charge in [0.05, 0.1) is 4.92 Å². The highest BCUT2D eigenvalue weighted by Crippen LogP contribution is 2.24. The molecule has 0 aliphatic carbocycles. The monoisotopic (exact) mass is 236 g/mol. The number of rotatable bonds is 5. The average molecular weight is 236 g/mol. The topological polar surface area (TPSA) is 55.2 Å². The van der Waals surface area contributed by atoms with Crippen LogP contribution in [0.2, 0.25) is 0 Å². The van der Waals surface area contributed by atoms with Crippen molar-refractivity contribution in [3.8, 4) is 0 Å². The maximum Gasteiger partial charge on any atom is 0.274 e. The van der Waals surface area contributed by atoms with Crippen LogP contribution in [0, 0.1) is 16.0 Å². The van der Waals surface area contributed by atoms with Gasteiger partial charge in [0.25, 0.3) is 5.69 Å². The van der Waals surface area contributed by atoms with Crippen molar-refractivity contribution in [2.75, 3.05) is 5.32 Å². The van der Waals surface area contributed by atoms with Gasteiger partial charge in [0.2, 0.25) is 0 Å². The predicted octanol–water partition coefficient (Wildman–Crippen LogP) is 3.61. The van der Waals surface area contributed by atoms with Crippen molar-refractivity contribution in [2.24, 2.45) is 5.92 Å². The summed E-state index contributed by atoms with van der Waals surface area (Å²) in [6, 6.07) is 5.65. The number of anilines is 1. The minimum Gasteiger partial charge on any atom is -0.382 e. The molecular weight excluding hydrogens is 216 g/mol. The Morgan fingerprint density at radius 2 is 2.00 bits per heavy atom. The maximum atomic E-state index is 10.9. The number of hydrogen-bond donors (Lipinski definition) is 1. The molecule has 0 aliphatic heterocycles. The Balaban J connectivity index is 2.96. The van der Waals surface area contributed by atoms with E-state index in [-0.39, 0.29) is 10.6 Å². The van der Waals surface area contributed by atoms with Gasteiger partial charge >= 0.3 is 0 Å². The minimum absolute atomic E-state index is 0.202. The summed E-state index contributed by atoms with van der Waals surface area (Å²) in [6.07, 6.45) is 0.677. The van der Waals surface area contributed by atoms with Gasteiger partial charge in [0.1, 0.15) is 0 Å². The van der Waals surface area contributed by atoms with Crippen molar-refractivity contribution < 1.29 is 4.92 Å². The Labute approximate surface area is 102 Å². The van der Waals surface area contributed by atoms with E-state index in [9.17, 15) is 10.1 Å². The van der Waals surface area contributed by atoms with Gasteiger partial charge in [0, 0.05) is 23.4 Å². The van der Waals surface area contributed by atoms with E-state index in [0.29, 0.717) is 18.4 Å². The molecule has 1 aromatic rings. The molecule has 1 atom stereocenters. The summed E-state index contributed by atoms with van der Waals surface area (Å²) in [7, 11) is 0. The van der Waals surface area contributed by atoms with Crippen LogP contribution in [-0.2, 0) is 6.42 Å². The van der Waals surface area contributed by atoms with Crippen LogP contribution >= 0.6 is 0 Å². The molecule has 0 spiro atoms. The van der Waals surface area contributed by atoms with Crippen molar-refractivity contribution in [3.05, 3.63) is 33.9 Å². The third-order valence-corrected chi connectivity index (χ3v) is 3.06. The zero-order valence-corrected chi connectivity index (χ0v) is 10.9. The van der Waals surface area contributed by atoms with E-state index < -0.39 is 0 Å². The van der Waals surface area contributed by atoms with Gasteiger partial charge in [0.15, 0.2) is 0 Å². The van der Waals surface area contributed by atoms with E-state index in [1.807, 2.05) is 19.1 Å². The van der Waals surface area contributed by atoms with Crippen molar-refractivity contribution in [3.63, 3.8) is 0 Å². The van der Waals surface area contributed by atoms with Gasteiger partial charge < -0.3 is 5.32 Å². The zero-order valence-electron chi connectivity index (χ0n) is 10.9. The van der Waals surface area contributed by atoms with Crippen LogP contribution in [0.25, 0.3) is 0 Å². The average Bonchev–Trinajstić information content (AvgIpc) is 2.28. The zero-order chi connectivity index (χ0) is 13.0. The van der Waals surface area contributed by atoms with E-state index in [4.69, 9.17) is 0 Å². The Kier molecular flexibility index (Phi) is 4.49. The second-order valence-corrected chi connectivity index (χ2v) is 4.63. The van der Waals surface area contributed by atoms with Crippen LogP contribution in [-0.4, -0.2) is 11.0 Å². The normalized spacial score (nSPS) is 12.5. The van der Waals surface area contributed by atoms with Gasteiger partial charge in [-0.05, 0) is 25.3 Å². The molecule has 1 aromatic carbocycles. The highest BCUT2D eigenvalue weighted by molar-refractivity contribution is 5.55. The number of benzene rings is 1. The fourth-order valence-electron chi connectivity index (χ4n) is 1.55. The number of hydrogen-bond acceptors (Lipinski definition) is 3. The largest absolute Gasteiger partial charge is 0.382 e. The summed E-state index contributed by atoms with van der Waals surface area (Å²) in [6.45, 7) is 8.23. The summed E-state index contributed by atoms with van der Waals surface area (Å²) in [5.74, 6) is 0.486. The highest BCUT2D eigenvalue weighted by Gasteiger charge is 2.14. The van der Waals surface area contributed by atoms with Crippen LogP contribution in [0.1, 0.15) is 33.3 Å². The molecule has 1 N–H and O–H groups in total. The van der Waals surface area contributed by atoms with Crippen LogP contribution in [0.15, 0.2) is 18.2 Å². The van der Waals surface area contributed by atoms with Gasteiger partial charge in [-0.25, -0.2) is 0 Å². The van der Waals surface area contributed by atoms with Crippen LogP contribution in [0.5, 0.6) is 0 Å². The van der Waals surface area contributed by atoms with E-state index in [1.165, 1.54) is 0 Å². The first-order chi connectivity index (χ1) is 7.95. The van der Waals surface area contributed by atoms with Crippen LogP contribution in [0.3, 0.4) is 0 Å². The second-order valence-electron chi connectivity index (χ2n) is 4.63. The minimum atomic E-state index is -0.315. The molecular formula is C13H20N2O2. The molecule has 4 heteroatoms. The van der Waals surface area contributed by atoms with E-state index in [0.717, 1.165) is 11.3 Å². The highest BCUT2D eigenvalue weighted by atomic mass is 16.6. The smallest absolute Gasteiger partial charge is 0.274 e. The van der Waals surface area contributed by atoms with Crippen molar-refractivity contribution in [1.82, 2.24) is 0 Å². The first kappa shape index (κ1) is 13.5. The molecule has 0 aliphatic rings. The molecule has 1 rings (SSSR count). The summed E-state index contributed by atoms with van der Waals surface area (Å²) >= 11 is 0. The first-order valence-corrected chi connectivity index (χ1v) is 5.99. The molecule has 0 amide bonds. The van der Waals surface area contributed by atoms with E-state index >= 15 is 0 Å². The van der Waals surface area contributed by atoms with Crippen molar-refractivity contribution in [2.45, 2.75) is 40.2 Å². The third-order valence-electron chi connectivity index (χ3n) is 3.06. The Morgan fingerprint density at radius 3 is 2.47 bits per heavy atom. The standard InChI is InChI=1S/C13H20N2O2/c1-5-11-6-7-12(8-13(11)15(16)17)14-10(4)9(2)3/h6-10,14H,5H2,1-4H3. The first-order valence-electron chi connectivity index (χ1n) is 5.99. The molecule has 4 nitrogen and oxygen atoms in total. The molecule has 0 bridgehead atoms. The lowest BCUT2D eigenvalue weighted by molar-refractivity contribution is -0.385. The summed E-state index contributed by atoms with van der Waals surface area (Å²) in [5, 5.41) is 14.2. The fourth-order valence-corrected chi connectivity index (χ4v) is 1.55. The van der Waals surface area contributed by atoms with Gasteiger partial charge in [-0.3, -0.25) is 10.1 Å². The maximum absolute atomic E-state index is 10.9. The summed E-state index contributed by atoms with van der Waals surface area (Å²) in [4.78, 5) is 10.6. The fraction of sp³-hybridized carbons (Fsp3) is 0.538. The quantitative estimate of drug-likeness (QED) is 0.627. The Hall–Kier alpha value is -1.58. The SMILES string of the molecule is CCc1ccc(NC(C)C(C)C)cc1[N+](=O)[O-]. The van der Waals surface area contributed by atoms with Crippen LogP contribution in [0.4, 0.5) is 11.4 Å². The molecule has 0 radical (unpaired) electrons. The van der Waals surface area contributed by atoms with E-state index in [2.05, 4.69) is 26.1 Å². The van der Waals surface area contributed by atoms with Gasteiger partial charge in [-0.1, -0.05) is 26.8 Å². The number of nitrogens with one attached hydrogen (secondary N) is 1. The molecule has 0 heterocycles. The number of nitro groups is 1. The van der Waals surface area contributed by atoms with Gasteiger partial charge in [-0.2, -0.15) is 0 Å². The number of aryl methyl sites for hydroxylation is 1. The summed E-state index contributed by atoms with van der Waals surface area (Å²) < 4.78 is 0. The number of nitro benzene ring substituents is 1. The molecule has 17 heavy (non-hydrogen) atoms. The van der Waals surface area contributed by atoms with Gasteiger partial charge in [-0.15, -0.1) is 0 Å². The number of nitrogens with zero attached hydrogens (tertiary/aromatic N) is 1. The predicted molar refractivity (Wildman–Crippen MR) is 70.4 cm³/mol. The lowest BCUT2D eigenvalue weighted by atomic mass is 10.1.